The number of nitrogens with zero attached hydrogens (tertiary/aromatic N) is 1. The van der Waals surface area contributed by atoms with Crippen molar-refractivity contribution in [3.05, 3.63) is 62.0 Å². The number of benzene rings is 1. The number of fused-ring (bicyclic) bond motifs is 1. The van der Waals surface area contributed by atoms with Crippen LogP contribution in [0.4, 0.5) is 0 Å². The molecule has 0 aliphatic rings. The van der Waals surface area contributed by atoms with Gasteiger partial charge in [-0.2, -0.15) is 0 Å². The number of aryl methyl sites for hydroxylation is 1. The highest BCUT2D eigenvalue weighted by atomic mass is 32.1. The van der Waals surface area contributed by atoms with Gasteiger partial charge in [0.1, 0.15) is 15.5 Å². The number of thiophene rings is 1. The van der Waals surface area contributed by atoms with Crippen molar-refractivity contribution in [2.24, 2.45) is 0 Å². The molecule has 140 valence electrons. The van der Waals surface area contributed by atoms with E-state index in [0.717, 1.165) is 5.56 Å². The van der Waals surface area contributed by atoms with Crippen molar-refractivity contribution >= 4 is 39.7 Å². The van der Waals surface area contributed by atoms with Crippen molar-refractivity contribution in [1.82, 2.24) is 9.97 Å². The molecule has 0 fully saturated rings. The predicted molar refractivity (Wildman–Crippen MR) is 110 cm³/mol. The van der Waals surface area contributed by atoms with Gasteiger partial charge < -0.3 is 9.72 Å². The molecular weight excluding hydrogens is 360 g/mol. The summed E-state index contributed by atoms with van der Waals surface area (Å²) < 4.78 is 5.06. The van der Waals surface area contributed by atoms with Gasteiger partial charge in [0, 0.05) is 0 Å². The SMILES string of the molecule is CCOC(=O)c1sc2nc(C=Cc3ccc(C(C)C)cc3)[nH]c(=O)c2c1C. The number of ether oxygens (including phenoxy) is 1. The van der Waals surface area contributed by atoms with Gasteiger partial charge in [0.15, 0.2) is 0 Å². The van der Waals surface area contributed by atoms with Gasteiger partial charge >= 0.3 is 5.97 Å². The quantitative estimate of drug-likeness (QED) is 0.646. The van der Waals surface area contributed by atoms with Crippen LogP contribution in [-0.4, -0.2) is 22.5 Å². The molecule has 0 saturated carbocycles. The van der Waals surface area contributed by atoms with Gasteiger partial charge in [-0.3, -0.25) is 4.79 Å². The van der Waals surface area contributed by atoms with E-state index in [0.29, 0.717) is 39.0 Å². The fourth-order valence-electron chi connectivity index (χ4n) is 2.80. The van der Waals surface area contributed by atoms with Crippen molar-refractivity contribution in [1.29, 1.82) is 0 Å². The first kappa shape index (κ1) is 19.0. The maximum absolute atomic E-state index is 12.5. The predicted octanol–water partition coefficient (Wildman–Crippen LogP) is 4.76. The second-order valence-corrected chi connectivity index (χ2v) is 7.56. The summed E-state index contributed by atoms with van der Waals surface area (Å²) in [6.45, 7) is 8.10. The monoisotopic (exact) mass is 382 g/mol. The van der Waals surface area contributed by atoms with Gasteiger partial charge in [-0.25, -0.2) is 9.78 Å². The minimum Gasteiger partial charge on any atom is -0.462 e. The topological polar surface area (TPSA) is 72.0 Å². The normalized spacial score (nSPS) is 11.6. The molecule has 0 aliphatic carbocycles. The van der Waals surface area contributed by atoms with Crippen molar-refractivity contribution in [2.45, 2.75) is 33.6 Å². The summed E-state index contributed by atoms with van der Waals surface area (Å²) in [5.74, 6) is 0.524. The van der Waals surface area contributed by atoms with Crippen molar-refractivity contribution in [3.63, 3.8) is 0 Å². The molecule has 0 aliphatic heterocycles. The maximum Gasteiger partial charge on any atom is 0.348 e. The molecule has 2 aromatic heterocycles. The number of hydrogen-bond donors (Lipinski definition) is 1. The largest absolute Gasteiger partial charge is 0.462 e. The van der Waals surface area contributed by atoms with E-state index in [1.54, 1.807) is 19.9 Å². The molecule has 27 heavy (non-hydrogen) atoms. The molecule has 3 rings (SSSR count). The van der Waals surface area contributed by atoms with E-state index in [4.69, 9.17) is 4.74 Å². The van der Waals surface area contributed by atoms with Gasteiger partial charge in [0.05, 0.1) is 12.0 Å². The third-order valence-electron chi connectivity index (χ3n) is 4.32. The Morgan fingerprint density at radius 1 is 1.26 bits per heavy atom. The Morgan fingerprint density at radius 2 is 1.96 bits per heavy atom. The van der Waals surface area contributed by atoms with E-state index in [9.17, 15) is 9.59 Å². The maximum atomic E-state index is 12.5. The first-order valence-corrected chi connectivity index (χ1v) is 9.71. The number of H-pyrrole nitrogens is 1. The number of esters is 1. The average Bonchev–Trinajstić information content (AvgIpc) is 2.97. The van der Waals surface area contributed by atoms with Crippen LogP contribution in [0.5, 0.6) is 0 Å². The fraction of sp³-hybridized carbons (Fsp3) is 0.286. The Balaban J connectivity index is 1.94. The Labute approximate surface area is 161 Å². The zero-order valence-corrected chi connectivity index (χ0v) is 16.6. The molecule has 1 N–H and O–H groups in total. The second-order valence-electron chi connectivity index (χ2n) is 6.56. The summed E-state index contributed by atoms with van der Waals surface area (Å²) in [5.41, 5.74) is 2.67. The highest BCUT2D eigenvalue weighted by Crippen LogP contribution is 2.27. The summed E-state index contributed by atoms with van der Waals surface area (Å²) in [4.78, 5) is 32.7. The summed E-state index contributed by atoms with van der Waals surface area (Å²) in [7, 11) is 0. The molecule has 0 amide bonds. The third-order valence-corrected chi connectivity index (χ3v) is 5.48. The zero-order valence-electron chi connectivity index (χ0n) is 15.8. The van der Waals surface area contributed by atoms with Crippen LogP contribution in [0.15, 0.2) is 29.1 Å². The van der Waals surface area contributed by atoms with Crippen LogP contribution in [0.2, 0.25) is 0 Å². The molecule has 6 heteroatoms. The van der Waals surface area contributed by atoms with Gasteiger partial charge in [-0.05, 0) is 42.5 Å². The van der Waals surface area contributed by atoms with Crippen LogP contribution in [-0.2, 0) is 4.74 Å². The van der Waals surface area contributed by atoms with Crippen LogP contribution < -0.4 is 5.56 Å². The Hall–Kier alpha value is -2.73. The molecular formula is C21H22N2O3S. The van der Waals surface area contributed by atoms with Gasteiger partial charge in [-0.1, -0.05) is 44.2 Å². The molecule has 0 saturated heterocycles. The smallest absolute Gasteiger partial charge is 0.348 e. The molecule has 0 spiro atoms. The van der Waals surface area contributed by atoms with Crippen molar-refractivity contribution in [2.75, 3.05) is 6.61 Å². The molecule has 1 aromatic carbocycles. The molecule has 0 atom stereocenters. The van der Waals surface area contributed by atoms with Crippen LogP contribution in [0.3, 0.4) is 0 Å². The number of carbonyl (C=O) groups excluding carboxylic acids is 1. The van der Waals surface area contributed by atoms with Crippen molar-refractivity contribution < 1.29 is 9.53 Å². The first-order valence-electron chi connectivity index (χ1n) is 8.89. The van der Waals surface area contributed by atoms with E-state index in [-0.39, 0.29) is 5.56 Å². The van der Waals surface area contributed by atoms with E-state index in [1.165, 1.54) is 16.9 Å². The lowest BCUT2D eigenvalue weighted by Crippen LogP contribution is -2.10. The van der Waals surface area contributed by atoms with Crippen molar-refractivity contribution in [3.8, 4) is 0 Å². The minimum absolute atomic E-state index is 0.251. The molecule has 0 unspecified atom stereocenters. The molecule has 2 heterocycles. The molecule has 0 bridgehead atoms. The Morgan fingerprint density at radius 3 is 2.59 bits per heavy atom. The Kier molecular flexibility index (Phi) is 5.56. The summed E-state index contributed by atoms with van der Waals surface area (Å²) in [6, 6.07) is 8.27. The number of hydrogen-bond acceptors (Lipinski definition) is 5. The van der Waals surface area contributed by atoms with Crippen LogP contribution >= 0.6 is 11.3 Å². The first-order chi connectivity index (χ1) is 12.9. The van der Waals surface area contributed by atoms with Gasteiger partial charge in [0.2, 0.25) is 0 Å². The second kappa shape index (κ2) is 7.88. The Bertz CT molecular complexity index is 1060. The van der Waals surface area contributed by atoms with E-state index >= 15 is 0 Å². The lowest BCUT2D eigenvalue weighted by molar-refractivity contribution is 0.0531. The molecule has 0 radical (unpaired) electrons. The van der Waals surface area contributed by atoms with Crippen LogP contribution in [0.25, 0.3) is 22.4 Å². The number of nitrogens with one attached hydrogen (secondary N) is 1. The molecule has 5 nitrogen and oxygen atoms in total. The standard InChI is InChI=1S/C21H22N2O3S/c1-5-26-21(25)18-13(4)17-19(24)22-16(23-20(17)27-18)11-8-14-6-9-15(10-7-14)12(2)3/h6-12H,5H2,1-4H3,(H,22,23,24). The third kappa shape index (κ3) is 4.01. The van der Waals surface area contributed by atoms with E-state index < -0.39 is 5.97 Å². The summed E-state index contributed by atoms with van der Waals surface area (Å²) in [6.07, 6.45) is 3.67. The molecule has 3 aromatic rings. The van der Waals surface area contributed by atoms with E-state index in [1.807, 2.05) is 18.2 Å². The minimum atomic E-state index is -0.417. The fourth-order valence-corrected chi connectivity index (χ4v) is 3.88. The number of aromatic nitrogens is 2. The number of aromatic amines is 1. The van der Waals surface area contributed by atoms with E-state index in [2.05, 4.69) is 35.9 Å². The highest BCUT2D eigenvalue weighted by Gasteiger charge is 2.19. The van der Waals surface area contributed by atoms with Gasteiger partial charge in [-0.15, -0.1) is 11.3 Å². The van der Waals surface area contributed by atoms with Gasteiger partial charge in [0.25, 0.3) is 5.56 Å². The van der Waals surface area contributed by atoms with Crippen LogP contribution in [0.1, 0.15) is 58.9 Å². The average molecular weight is 382 g/mol. The lowest BCUT2D eigenvalue weighted by Gasteiger charge is -2.04. The highest BCUT2D eigenvalue weighted by molar-refractivity contribution is 7.20. The van der Waals surface area contributed by atoms with Crippen LogP contribution in [0, 0.1) is 6.92 Å². The zero-order chi connectivity index (χ0) is 19.6. The summed E-state index contributed by atoms with van der Waals surface area (Å²) in [5, 5.41) is 0.446. The number of carbonyl (C=O) groups is 1. The number of rotatable bonds is 5. The summed E-state index contributed by atoms with van der Waals surface area (Å²) >= 11 is 1.19. The lowest BCUT2D eigenvalue weighted by atomic mass is 10.0.